The van der Waals surface area contributed by atoms with E-state index in [0.717, 1.165) is 39.0 Å². The van der Waals surface area contributed by atoms with Crippen LogP contribution < -0.4 is 15.2 Å². The summed E-state index contributed by atoms with van der Waals surface area (Å²) in [6, 6.07) is 3.21. The lowest BCUT2D eigenvalue weighted by Gasteiger charge is -2.35. The molecule has 0 heterocycles. The highest BCUT2D eigenvalue weighted by molar-refractivity contribution is 5.52. The maximum atomic E-state index is 13.9. The van der Waals surface area contributed by atoms with Gasteiger partial charge in [-0.25, -0.2) is 8.78 Å². The molecule has 0 unspecified atom stereocenters. The molecule has 21 heavy (non-hydrogen) atoms. The third kappa shape index (κ3) is 3.12. The largest absolute Gasteiger partial charge is 0.493 e. The number of hydrogen-bond donors (Lipinski definition) is 1. The minimum atomic E-state index is -3.01. The van der Waals surface area contributed by atoms with Gasteiger partial charge in [-0.3, -0.25) is 0 Å². The Morgan fingerprint density at radius 1 is 1.10 bits per heavy atom. The van der Waals surface area contributed by atoms with Crippen molar-refractivity contribution < 1.29 is 18.3 Å². The van der Waals surface area contributed by atoms with Crippen LogP contribution in [-0.2, 0) is 11.5 Å². The van der Waals surface area contributed by atoms with E-state index in [1.54, 1.807) is 6.07 Å². The highest BCUT2D eigenvalue weighted by atomic mass is 19.3. The summed E-state index contributed by atoms with van der Waals surface area (Å²) in [5, 5.41) is 0. The van der Waals surface area contributed by atoms with Gasteiger partial charge in [0.15, 0.2) is 11.5 Å². The Labute approximate surface area is 124 Å². The molecule has 3 nitrogen and oxygen atoms in total. The van der Waals surface area contributed by atoms with Gasteiger partial charge in [-0.15, -0.1) is 0 Å². The minimum absolute atomic E-state index is 0.0770. The highest BCUT2D eigenvalue weighted by Gasteiger charge is 2.36. The van der Waals surface area contributed by atoms with Crippen molar-refractivity contribution in [1.29, 1.82) is 0 Å². The number of methoxy groups -OCH3 is 2. The zero-order chi connectivity index (χ0) is 15.7. The number of ether oxygens (including phenoxy) is 2. The van der Waals surface area contributed by atoms with Crippen LogP contribution in [0.1, 0.15) is 50.2 Å². The Morgan fingerprint density at radius 3 is 2.19 bits per heavy atom. The number of rotatable bonds is 4. The van der Waals surface area contributed by atoms with Crippen LogP contribution in [0.25, 0.3) is 0 Å². The molecule has 1 aliphatic carbocycles. The van der Waals surface area contributed by atoms with E-state index in [1.165, 1.54) is 20.3 Å². The average molecular weight is 299 g/mol. The zero-order valence-corrected chi connectivity index (χ0v) is 12.8. The predicted molar refractivity (Wildman–Crippen MR) is 78.1 cm³/mol. The molecule has 0 amide bonds. The second-order valence-corrected chi connectivity index (χ2v) is 5.86. The second kappa shape index (κ2) is 5.79. The third-order valence-electron chi connectivity index (χ3n) is 4.27. The van der Waals surface area contributed by atoms with Gasteiger partial charge in [0.1, 0.15) is 0 Å². The molecule has 0 bridgehead atoms. The number of hydrogen-bond acceptors (Lipinski definition) is 3. The molecule has 0 spiro atoms. The molecule has 118 valence electrons. The van der Waals surface area contributed by atoms with Crippen molar-refractivity contribution in [3.8, 4) is 11.5 Å². The molecule has 0 aliphatic heterocycles. The second-order valence-electron chi connectivity index (χ2n) is 5.86. The summed E-state index contributed by atoms with van der Waals surface area (Å²) in [5.41, 5.74) is 6.44. The molecular weight excluding hydrogens is 276 g/mol. The van der Waals surface area contributed by atoms with Crippen LogP contribution in [-0.4, -0.2) is 14.2 Å². The maximum Gasteiger partial charge on any atom is 0.274 e. The molecule has 0 atom stereocenters. The Bertz CT molecular complexity index is 506. The quantitative estimate of drug-likeness (QED) is 0.916. The molecule has 1 aromatic rings. The van der Waals surface area contributed by atoms with Gasteiger partial charge in [0.05, 0.1) is 19.8 Å². The monoisotopic (exact) mass is 299 g/mol. The van der Waals surface area contributed by atoms with Crippen molar-refractivity contribution in [3.05, 3.63) is 23.3 Å². The molecule has 0 radical (unpaired) electrons. The van der Waals surface area contributed by atoms with Crippen LogP contribution in [0.5, 0.6) is 11.5 Å². The molecule has 0 saturated heterocycles. The van der Waals surface area contributed by atoms with Crippen molar-refractivity contribution >= 4 is 0 Å². The summed E-state index contributed by atoms with van der Waals surface area (Å²) in [4.78, 5) is 0. The maximum absolute atomic E-state index is 13.9. The van der Waals surface area contributed by atoms with Gasteiger partial charge in [0.25, 0.3) is 5.92 Å². The van der Waals surface area contributed by atoms with Gasteiger partial charge < -0.3 is 15.2 Å². The van der Waals surface area contributed by atoms with Gasteiger partial charge in [-0.05, 0) is 30.5 Å². The van der Waals surface area contributed by atoms with Crippen LogP contribution in [0.4, 0.5) is 8.78 Å². The molecule has 5 heteroatoms. The molecular formula is C16H23F2NO2. The van der Waals surface area contributed by atoms with Gasteiger partial charge in [0, 0.05) is 12.5 Å². The van der Waals surface area contributed by atoms with E-state index in [1.807, 2.05) is 0 Å². The lowest BCUT2D eigenvalue weighted by Crippen LogP contribution is -2.38. The summed E-state index contributed by atoms with van der Waals surface area (Å²) in [5.74, 6) is -2.63. The summed E-state index contributed by atoms with van der Waals surface area (Å²) in [6.45, 7) is 0.859. The van der Waals surface area contributed by atoms with Gasteiger partial charge in [0.2, 0.25) is 0 Å². The molecule has 1 aromatic carbocycles. The van der Waals surface area contributed by atoms with E-state index in [4.69, 9.17) is 15.2 Å². The number of benzene rings is 1. The SMILES string of the molecule is COc1cc(C2(N)CCCCC2)cc(C(C)(F)F)c1OC. The Kier molecular flexibility index (Phi) is 4.42. The van der Waals surface area contributed by atoms with Gasteiger partial charge >= 0.3 is 0 Å². The normalized spacial score (nSPS) is 18.4. The highest BCUT2D eigenvalue weighted by Crippen LogP contribution is 2.45. The summed E-state index contributed by atoms with van der Waals surface area (Å²) in [7, 11) is 2.81. The summed E-state index contributed by atoms with van der Waals surface area (Å²) in [6.07, 6.45) is 4.78. The summed E-state index contributed by atoms with van der Waals surface area (Å²) >= 11 is 0. The van der Waals surface area contributed by atoms with Crippen LogP contribution in [0.3, 0.4) is 0 Å². The Balaban J connectivity index is 2.57. The first kappa shape index (κ1) is 16.0. The lowest BCUT2D eigenvalue weighted by molar-refractivity contribution is 0.0145. The predicted octanol–water partition coefficient (Wildman–Crippen LogP) is 3.93. The molecule has 1 aliphatic rings. The number of halogens is 2. The minimum Gasteiger partial charge on any atom is -0.493 e. The third-order valence-corrected chi connectivity index (χ3v) is 4.27. The van der Waals surface area contributed by atoms with E-state index >= 15 is 0 Å². The molecule has 1 saturated carbocycles. The van der Waals surface area contributed by atoms with Gasteiger partial charge in [-0.1, -0.05) is 19.3 Å². The average Bonchev–Trinajstić information content (AvgIpc) is 2.45. The van der Waals surface area contributed by atoms with Crippen molar-refractivity contribution in [1.82, 2.24) is 0 Å². The number of nitrogens with two attached hydrogens (primary N) is 1. The fraction of sp³-hybridized carbons (Fsp3) is 0.625. The molecule has 1 fully saturated rings. The molecule has 2 rings (SSSR count). The molecule has 0 aromatic heterocycles. The Hall–Kier alpha value is -1.36. The van der Waals surface area contributed by atoms with E-state index in [-0.39, 0.29) is 11.3 Å². The summed E-state index contributed by atoms with van der Waals surface area (Å²) < 4.78 is 38.2. The van der Waals surface area contributed by atoms with Crippen LogP contribution in [0.15, 0.2) is 12.1 Å². The topological polar surface area (TPSA) is 44.5 Å². The fourth-order valence-corrected chi connectivity index (χ4v) is 3.05. The van der Waals surface area contributed by atoms with Crippen LogP contribution in [0.2, 0.25) is 0 Å². The Morgan fingerprint density at radius 2 is 1.71 bits per heavy atom. The van der Waals surface area contributed by atoms with Crippen molar-refractivity contribution in [2.24, 2.45) is 5.73 Å². The van der Waals surface area contributed by atoms with Gasteiger partial charge in [-0.2, -0.15) is 0 Å². The van der Waals surface area contributed by atoms with E-state index in [0.29, 0.717) is 11.3 Å². The zero-order valence-electron chi connectivity index (χ0n) is 12.8. The number of alkyl halides is 2. The first-order chi connectivity index (χ1) is 9.81. The van der Waals surface area contributed by atoms with E-state index < -0.39 is 11.5 Å². The van der Waals surface area contributed by atoms with E-state index in [2.05, 4.69) is 0 Å². The molecule has 2 N–H and O–H groups in total. The van der Waals surface area contributed by atoms with Crippen molar-refractivity contribution in [2.45, 2.75) is 50.5 Å². The smallest absolute Gasteiger partial charge is 0.274 e. The van der Waals surface area contributed by atoms with Crippen molar-refractivity contribution in [2.75, 3.05) is 14.2 Å². The van der Waals surface area contributed by atoms with E-state index in [9.17, 15) is 8.78 Å². The van der Waals surface area contributed by atoms with Crippen LogP contribution >= 0.6 is 0 Å². The lowest BCUT2D eigenvalue weighted by atomic mass is 9.76. The standard InChI is InChI=1S/C16H23F2NO2/c1-15(17,18)12-9-11(10-13(20-2)14(12)21-3)16(19)7-5-4-6-8-16/h9-10H,4-8,19H2,1-3H3. The van der Waals surface area contributed by atoms with Crippen molar-refractivity contribution in [3.63, 3.8) is 0 Å². The van der Waals surface area contributed by atoms with Crippen LogP contribution in [0, 0.1) is 0 Å². The fourth-order valence-electron chi connectivity index (χ4n) is 3.05. The first-order valence-corrected chi connectivity index (χ1v) is 7.25. The first-order valence-electron chi connectivity index (χ1n) is 7.25.